The van der Waals surface area contributed by atoms with Crippen molar-refractivity contribution in [1.29, 1.82) is 0 Å². The largest absolute Gasteiger partial charge is 0.494 e. The van der Waals surface area contributed by atoms with E-state index in [1.54, 1.807) is 9.80 Å². The van der Waals surface area contributed by atoms with Crippen LogP contribution in [0.3, 0.4) is 0 Å². The zero-order valence-electron chi connectivity index (χ0n) is 21.8. The molecule has 0 aromatic heterocycles. The number of carbonyl (C=O) groups is 3. The summed E-state index contributed by atoms with van der Waals surface area (Å²) < 4.78 is 12.1. The Morgan fingerprint density at radius 1 is 1.05 bits per heavy atom. The number of β-amino-alcohol motifs (C(OH)–C–C–N with tert-alkyl or cyclic N) is 1. The van der Waals surface area contributed by atoms with E-state index < -0.39 is 35.1 Å². The van der Waals surface area contributed by atoms with E-state index in [-0.39, 0.29) is 30.9 Å². The third-order valence-electron chi connectivity index (χ3n) is 7.77. The first kappa shape index (κ1) is 25.5. The zero-order valence-corrected chi connectivity index (χ0v) is 21.8. The molecule has 4 heterocycles. The predicted octanol–water partition coefficient (Wildman–Crippen LogP) is 1.76. The monoisotopic (exact) mass is 509 g/mol. The molecule has 1 unspecified atom stereocenters. The fraction of sp³-hybridized carbons (Fsp3) is 0.536. The Morgan fingerprint density at radius 2 is 1.78 bits per heavy atom. The van der Waals surface area contributed by atoms with Crippen LogP contribution in [-0.4, -0.2) is 88.8 Å². The van der Waals surface area contributed by atoms with Crippen LogP contribution in [0.1, 0.15) is 27.7 Å². The number of ether oxygens (including phenoxy) is 2. The molecule has 4 aliphatic rings. The lowest BCUT2D eigenvalue weighted by Gasteiger charge is -2.40. The molecule has 198 valence electrons. The highest BCUT2D eigenvalue weighted by Gasteiger charge is 2.72. The van der Waals surface area contributed by atoms with Gasteiger partial charge in [0.2, 0.25) is 17.7 Å². The highest BCUT2D eigenvalue weighted by molar-refractivity contribution is 6.03. The molecular formula is C28H35N3O6. The van der Waals surface area contributed by atoms with Gasteiger partial charge in [-0.25, -0.2) is 0 Å². The number of fused-ring (bicyclic) bond motifs is 2. The Morgan fingerprint density at radius 3 is 2.43 bits per heavy atom. The predicted molar refractivity (Wildman–Crippen MR) is 137 cm³/mol. The van der Waals surface area contributed by atoms with Gasteiger partial charge in [0.15, 0.2) is 0 Å². The fourth-order valence-corrected chi connectivity index (χ4v) is 6.21. The van der Waals surface area contributed by atoms with Gasteiger partial charge in [-0.2, -0.15) is 0 Å². The molecule has 0 bridgehead atoms. The van der Waals surface area contributed by atoms with Gasteiger partial charge in [-0.3, -0.25) is 14.4 Å². The summed E-state index contributed by atoms with van der Waals surface area (Å²) in [6, 6.07) is 6.34. The van der Waals surface area contributed by atoms with E-state index in [9.17, 15) is 19.5 Å². The average molecular weight is 510 g/mol. The second kappa shape index (κ2) is 9.29. The molecule has 0 aliphatic carbocycles. The number of anilines is 1. The Hall–Kier alpha value is -3.17. The topological polar surface area (TPSA) is 99.6 Å². The van der Waals surface area contributed by atoms with Gasteiger partial charge in [-0.1, -0.05) is 24.3 Å². The SMILES string of the molecule is CCOc1ccc(N2CC=C[C@H]3O[C@]45C=CCN(C(C)(C)C)C(=O)C4N(CCO)C(=O)[C@@H]5[C@H]3C2=O)cc1. The molecule has 4 aliphatic heterocycles. The Bertz CT molecular complexity index is 1140. The number of rotatable bonds is 5. The molecule has 1 spiro atoms. The second-order valence-electron chi connectivity index (χ2n) is 10.9. The standard InChI is InChI=1S/C28H35N3O6/c1-5-36-19-11-9-18(10-12-19)29-14-6-8-20-21(24(29)33)22-25(34)30(16-17-32)23-26(35)31(27(2,3)4)15-7-13-28(22,23)37-20/h6-13,20-23,32H,5,14-17H2,1-4H3/t20-,21+,22+,23?,28+/m1/s1. The summed E-state index contributed by atoms with van der Waals surface area (Å²) in [5, 5.41) is 9.78. The van der Waals surface area contributed by atoms with Gasteiger partial charge < -0.3 is 29.3 Å². The van der Waals surface area contributed by atoms with Crippen LogP contribution >= 0.6 is 0 Å². The molecule has 3 amide bonds. The summed E-state index contributed by atoms with van der Waals surface area (Å²) in [6.45, 7) is 8.70. The molecular weight excluding hydrogens is 474 g/mol. The minimum absolute atomic E-state index is 0.00725. The number of carbonyl (C=O) groups excluding carboxylic acids is 3. The normalized spacial score (nSPS) is 31.3. The van der Waals surface area contributed by atoms with Crippen LogP contribution in [0.15, 0.2) is 48.6 Å². The third kappa shape index (κ3) is 3.95. The van der Waals surface area contributed by atoms with Crippen molar-refractivity contribution in [1.82, 2.24) is 9.80 Å². The Labute approximate surface area is 217 Å². The van der Waals surface area contributed by atoms with Gasteiger partial charge in [0.25, 0.3) is 0 Å². The molecule has 2 saturated heterocycles. The Balaban J connectivity index is 1.55. The van der Waals surface area contributed by atoms with Gasteiger partial charge in [0, 0.05) is 30.9 Å². The van der Waals surface area contributed by atoms with Crippen molar-refractivity contribution in [3.63, 3.8) is 0 Å². The molecule has 9 heteroatoms. The maximum absolute atomic E-state index is 14.1. The highest BCUT2D eigenvalue weighted by Crippen LogP contribution is 2.53. The molecule has 1 N–H and O–H groups in total. The number of aliphatic hydroxyl groups excluding tert-OH is 1. The van der Waals surface area contributed by atoms with E-state index in [1.807, 2.05) is 76.3 Å². The van der Waals surface area contributed by atoms with Crippen molar-refractivity contribution in [3.05, 3.63) is 48.6 Å². The van der Waals surface area contributed by atoms with Crippen LogP contribution in [0.5, 0.6) is 5.75 Å². The van der Waals surface area contributed by atoms with Crippen molar-refractivity contribution < 1.29 is 29.0 Å². The second-order valence-corrected chi connectivity index (χ2v) is 10.9. The molecule has 5 atom stereocenters. The molecule has 2 fully saturated rings. The van der Waals surface area contributed by atoms with Crippen LogP contribution in [0.25, 0.3) is 0 Å². The van der Waals surface area contributed by atoms with Gasteiger partial charge in [0.1, 0.15) is 17.4 Å². The van der Waals surface area contributed by atoms with Gasteiger partial charge in [0.05, 0.1) is 31.2 Å². The van der Waals surface area contributed by atoms with E-state index in [1.165, 1.54) is 4.90 Å². The first-order valence-corrected chi connectivity index (χ1v) is 12.9. The van der Waals surface area contributed by atoms with Crippen molar-refractivity contribution >= 4 is 23.4 Å². The summed E-state index contributed by atoms with van der Waals surface area (Å²) in [5.41, 5.74) is -1.08. The maximum Gasteiger partial charge on any atom is 0.249 e. The lowest BCUT2D eigenvalue weighted by Crippen LogP contribution is -2.59. The lowest BCUT2D eigenvalue weighted by atomic mass is 9.77. The molecule has 1 aromatic carbocycles. The smallest absolute Gasteiger partial charge is 0.249 e. The van der Waals surface area contributed by atoms with E-state index in [2.05, 4.69) is 0 Å². The molecule has 0 radical (unpaired) electrons. The molecule has 0 saturated carbocycles. The summed E-state index contributed by atoms with van der Waals surface area (Å²) in [7, 11) is 0. The number of benzene rings is 1. The van der Waals surface area contributed by atoms with Crippen LogP contribution in [-0.2, 0) is 19.1 Å². The van der Waals surface area contributed by atoms with E-state index in [4.69, 9.17) is 9.47 Å². The first-order chi connectivity index (χ1) is 17.6. The van der Waals surface area contributed by atoms with Crippen LogP contribution in [0, 0.1) is 11.8 Å². The van der Waals surface area contributed by atoms with Crippen molar-refractivity contribution in [2.45, 2.75) is 51.0 Å². The third-order valence-corrected chi connectivity index (χ3v) is 7.77. The van der Waals surface area contributed by atoms with Crippen LogP contribution in [0.4, 0.5) is 5.69 Å². The number of aliphatic hydroxyl groups is 1. The molecule has 5 rings (SSSR count). The number of hydrogen-bond acceptors (Lipinski definition) is 6. The van der Waals surface area contributed by atoms with E-state index >= 15 is 0 Å². The zero-order chi connectivity index (χ0) is 26.5. The quantitative estimate of drug-likeness (QED) is 0.608. The maximum atomic E-state index is 14.1. The lowest BCUT2D eigenvalue weighted by molar-refractivity contribution is -0.150. The first-order valence-electron chi connectivity index (χ1n) is 12.9. The van der Waals surface area contributed by atoms with Gasteiger partial charge in [-0.15, -0.1) is 0 Å². The van der Waals surface area contributed by atoms with Crippen LogP contribution < -0.4 is 9.64 Å². The summed E-state index contributed by atoms with van der Waals surface area (Å²) >= 11 is 0. The van der Waals surface area contributed by atoms with Crippen LogP contribution in [0.2, 0.25) is 0 Å². The number of likely N-dealkylation sites (tertiary alicyclic amines) is 1. The number of nitrogens with zero attached hydrogens (tertiary/aromatic N) is 3. The average Bonchev–Trinajstić information content (AvgIpc) is 3.14. The van der Waals surface area contributed by atoms with Crippen molar-refractivity contribution in [2.75, 3.05) is 37.7 Å². The van der Waals surface area contributed by atoms with Gasteiger partial charge in [-0.05, 0) is 52.0 Å². The highest BCUT2D eigenvalue weighted by atomic mass is 16.5. The number of amides is 3. The Kier molecular flexibility index (Phi) is 6.40. The van der Waals surface area contributed by atoms with E-state index in [0.29, 0.717) is 31.1 Å². The molecule has 37 heavy (non-hydrogen) atoms. The molecule has 1 aromatic rings. The summed E-state index contributed by atoms with van der Waals surface area (Å²) in [4.78, 5) is 46.8. The summed E-state index contributed by atoms with van der Waals surface area (Å²) in [6.07, 6.45) is 6.76. The minimum Gasteiger partial charge on any atom is -0.494 e. The fourth-order valence-electron chi connectivity index (χ4n) is 6.21. The van der Waals surface area contributed by atoms with Crippen molar-refractivity contribution in [3.8, 4) is 5.75 Å². The minimum atomic E-state index is -1.29. The van der Waals surface area contributed by atoms with Crippen molar-refractivity contribution in [2.24, 2.45) is 11.8 Å². The summed E-state index contributed by atoms with van der Waals surface area (Å²) in [5.74, 6) is -1.77. The number of hydrogen-bond donors (Lipinski definition) is 1. The van der Waals surface area contributed by atoms with E-state index in [0.717, 1.165) is 0 Å². The van der Waals surface area contributed by atoms with Gasteiger partial charge >= 0.3 is 0 Å². The molecule has 9 nitrogen and oxygen atoms in total.